The summed E-state index contributed by atoms with van der Waals surface area (Å²) < 4.78 is 0. The molecule has 5 nitrogen and oxygen atoms in total. The van der Waals surface area contributed by atoms with E-state index in [2.05, 4.69) is 91.0 Å². The summed E-state index contributed by atoms with van der Waals surface area (Å²) in [5.74, 6) is 2.60. The molecule has 0 unspecified atom stereocenters. The summed E-state index contributed by atoms with van der Waals surface area (Å²) in [5, 5.41) is 0. The van der Waals surface area contributed by atoms with Crippen LogP contribution in [0.5, 0.6) is 0 Å². The quantitative estimate of drug-likeness (QED) is 0.167. The third kappa shape index (κ3) is 5.65. The fourth-order valence-electron chi connectivity index (χ4n) is 7.30. The molecule has 2 heterocycles. The largest absolute Gasteiger partial charge is 0.228 e. The first-order chi connectivity index (χ1) is 26.8. The van der Waals surface area contributed by atoms with Gasteiger partial charge in [0.25, 0.3) is 0 Å². The molecule has 10 rings (SSSR count). The fraction of sp³-hybridized carbons (Fsp3) is 0. The normalized spacial score (nSPS) is 11.3. The van der Waals surface area contributed by atoms with Crippen LogP contribution in [0, 0.1) is 0 Å². The van der Waals surface area contributed by atoms with E-state index in [1.54, 1.807) is 0 Å². The van der Waals surface area contributed by atoms with Gasteiger partial charge in [-0.1, -0.05) is 176 Å². The van der Waals surface area contributed by atoms with E-state index in [9.17, 15) is 0 Å². The highest BCUT2D eigenvalue weighted by molar-refractivity contribution is 6.13. The van der Waals surface area contributed by atoms with Gasteiger partial charge in [0, 0.05) is 38.9 Å². The lowest BCUT2D eigenvalue weighted by Gasteiger charge is -2.29. The van der Waals surface area contributed by atoms with Crippen molar-refractivity contribution in [2.45, 2.75) is 0 Å². The Morgan fingerprint density at radius 3 is 1.11 bits per heavy atom. The van der Waals surface area contributed by atoms with Crippen LogP contribution in [-0.2, 0) is 0 Å². The molecule has 0 atom stereocenters. The molecule has 0 fully saturated rings. The number of nitrogens with zero attached hydrogens (tertiary/aromatic N) is 5. The standard InChI is InChI=1S/C49H31N5/c1-5-16-32(17-6-1)42-31-43(33-18-7-2-8-19-33)51-49(50-42)41-29-15-28-40-39-27-14-26-38(44(39)45(40)41)36-24-13-25-37(30-36)48-53-46(34-20-9-3-10-21-34)52-47(54-48)35-22-11-4-12-23-35/h1-31H. The van der Waals surface area contributed by atoms with E-state index in [0.29, 0.717) is 23.3 Å². The van der Waals surface area contributed by atoms with E-state index in [1.807, 2.05) is 97.1 Å². The van der Waals surface area contributed by atoms with E-state index in [1.165, 1.54) is 16.7 Å². The molecular formula is C49H31N5. The molecule has 7 aromatic carbocycles. The van der Waals surface area contributed by atoms with Gasteiger partial charge in [-0.3, -0.25) is 0 Å². The van der Waals surface area contributed by atoms with Gasteiger partial charge >= 0.3 is 0 Å². The molecule has 1 aliphatic carbocycles. The van der Waals surface area contributed by atoms with Gasteiger partial charge in [0.05, 0.1) is 11.4 Å². The van der Waals surface area contributed by atoms with Crippen LogP contribution < -0.4 is 0 Å². The van der Waals surface area contributed by atoms with E-state index >= 15 is 0 Å². The molecule has 1 aliphatic rings. The van der Waals surface area contributed by atoms with Crippen LogP contribution in [-0.4, -0.2) is 24.9 Å². The molecule has 54 heavy (non-hydrogen) atoms. The molecule has 0 bridgehead atoms. The Bertz CT molecular complexity index is 2690. The van der Waals surface area contributed by atoms with Crippen LogP contribution in [0.2, 0.25) is 0 Å². The van der Waals surface area contributed by atoms with Gasteiger partial charge in [0.2, 0.25) is 0 Å². The van der Waals surface area contributed by atoms with Crippen molar-refractivity contribution in [3.63, 3.8) is 0 Å². The average molecular weight is 690 g/mol. The zero-order valence-corrected chi connectivity index (χ0v) is 29.1. The van der Waals surface area contributed by atoms with Crippen LogP contribution in [0.3, 0.4) is 0 Å². The molecule has 0 aliphatic heterocycles. The Morgan fingerprint density at radius 2 is 0.593 bits per heavy atom. The summed E-state index contributed by atoms with van der Waals surface area (Å²) in [6.45, 7) is 0. The van der Waals surface area contributed by atoms with Crippen LogP contribution in [0.15, 0.2) is 188 Å². The third-order valence-electron chi connectivity index (χ3n) is 9.91. The maximum absolute atomic E-state index is 5.20. The van der Waals surface area contributed by atoms with Gasteiger partial charge in [-0.15, -0.1) is 0 Å². The maximum atomic E-state index is 5.20. The van der Waals surface area contributed by atoms with E-state index in [0.717, 1.165) is 61.5 Å². The smallest absolute Gasteiger partial charge is 0.164 e. The number of fused-ring (bicyclic) bond motifs is 4. The SMILES string of the molecule is c1ccc(-c2cc(-c3ccccc3)nc(-c3cccc4c3-c3c(-c5cccc(-c6nc(-c7ccccc7)nc(-c7ccccc7)n6)c5)cccc3-4)n2)cc1. The van der Waals surface area contributed by atoms with E-state index in [-0.39, 0.29) is 0 Å². The van der Waals surface area contributed by atoms with Gasteiger partial charge < -0.3 is 0 Å². The summed E-state index contributed by atoms with van der Waals surface area (Å²) in [7, 11) is 0. The van der Waals surface area contributed by atoms with Crippen molar-refractivity contribution >= 4 is 0 Å². The van der Waals surface area contributed by atoms with Crippen LogP contribution in [0.1, 0.15) is 0 Å². The van der Waals surface area contributed by atoms with Gasteiger partial charge in [-0.05, 0) is 39.9 Å². The Kier molecular flexibility index (Phi) is 7.73. The second-order valence-electron chi connectivity index (χ2n) is 13.3. The maximum Gasteiger partial charge on any atom is 0.164 e. The first-order valence-corrected chi connectivity index (χ1v) is 18.0. The molecule has 0 spiro atoms. The molecule has 0 N–H and O–H groups in total. The van der Waals surface area contributed by atoms with Crippen LogP contribution >= 0.6 is 0 Å². The highest BCUT2D eigenvalue weighted by Crippen LogP contribution is 2.55. The summed E-state index contributed by atoms with van der Waals surface area (Å²) in [6.07, 6.45) is 0. The predicted molar refractivity (Wildman–Crippen MR) is 218 cm³/mol. The molecule has 0 saturated carbocycles. The van der Waals surface area contributed by atoms with Crippen LogP contribution in [0.25, 0.3) is 101 Å². The Morgan fingerprint density at radius 1 is 0.222 bits per heavy atom. The molecule has 0 radical (unpaired) electrons. The molecule has 252 valence electrons. The summed E-state index contributed by atoms with van der Waals surface area (Å²) in [5.41, 5.74) is 14.7. The summed E-state index contributed by atoms with van der Waals surface area (Å²) in [4.78, 5) is 25.3. The van der Waals surface area contributed by atoms with Gasteiger partial charge in [-0.25, -0.2) is 24.9 Å². The lowest BCUT2D eigenvalue weighted by molar-refractivity contribution is 1.07. The number of benzene rings is 7. The highest BCUT2D eigenvalue weighted by Gasteiger charge is 2.30. The first-order valence-electron chi connectivity index (χ1n) is 18.0. The lowest BCUT2D eigenvalue weighted by atomic mass is 9.74. The second kappa shape index (κ2) is 13.3. The van der Waals surface area contributed by atoms with Crippen molar-refractivity contribution in [1.82, 2.24) is 24.9 Å². The van der Waals surface area contributed by atoms with Crippen molar-refractivity contribution in [2.75, 3.05) is 0 Å². The highest BCUT2D eigenvalue weighted by atomic mass is 15.0. The number of rotatable bonds is 7. The minimum atomic E-state index is 0.625. The van der Waals surface area contributed by atoms with Crippen molar-refractivity contribution in [2.24, 2.45) is 0 Å². The minimum Gasteiger partial charge on any atom is -0.228 e. The predicted octanol–water partition coefficient (Wildman–Crippen LogP) is 12.0. The molecular weight excluding hydrogens is 659 g/mol. The van der Waals surface area contributed by atoms with Gasteiger partial charge in [0.1, 0.15) is 0 Å². The lowest BCUT2D eigenvalue weighted by Crippen LogP contribution is -2.05. The van der Waals surface area contributed by atoms with Crippen LogP contribution in [0.4, 0.5) is 0 Å². The van der Waals surface area contributed by atoms with Crippen molar-refractivity contribution < 1.29 is 0 Å². The first kappa shape index (κ1) is 31.4. The summed E-state index contributed by atoms with van der Waals surface area (Å²) >= 11 is 0. The monoisotopic (exact) mass is 689 g/mol. The number of aromatic nitrogens is 5. The zero-order chi connectivity index (χ0) is 35.8. The Labute approximate surface area is 313 Å². The van der Waals surface area contributed by atoms with Crippen molar-refractivity contribution in [3.8, 4) is 101 Å². The second-order valence-corrected chi connectivity index (χ2v) is 13.3. The topological polar surface area (TPSA) is 64.5 Å². The molecule has 9 aromatic rings. The van der Waals surface area contributed by atoms with Crippen molar-refractivity contribution in [3.05, 3.63) is 188 Å². The zero-order valence-electron chi connectivity index (χ0n) is 29.1. The fourth-order valence-corrected chi connectivity index (χ4v) is 7.30. The van der Waals surface area contributed by atoms with Crippen molar-refractivity contribution in [1.29, 1.82) is 0 Å². The molecule has 5 heteroatoms. The molecule has 0 saturated heterocycles. The number of hydrogen-bond donors (Lipinski definition) is 0. The Hall–Kier alpha value is -7.37. The minimum absolute atomic E-state index is 0.625. The summed E-state index contributed by atoms with van der Waals surface area (Å²) in [6, 6.07) is 64.4. The molecule has 2 aromatic heterocycles. The Balaban J connectivity index is 1.10. The average Bonchev–Trinajstić information content (AvgIpc) is 3.26. The van der Waals surface area contributed by atoms with E-state index < -0.39 is 0 Å². The number of hydrogen-bond acceptors (Lipinski definition) is 5. The third-order valence-corrected chi connectivity index (χ3v) is 9.91. The molecule has 0 amide bonds. The van der Waals surface area contributed by atoms with E-state index in [4.69, 9.17) is 24.9 Å². The van der Waals surface area contributed by atoms with Gasteiger partial charge in [-0.2, -0.15) is 0 Å². The van der Waals surface area contributed by atoms with Gasteiger partial charge in [0.15, 0.2) is 23.3 Å².